The van der Waals surface area contributed by atoms with Gasteiger partial charge in [0, 0.05) is 28.0 Å². The molecule has 4 aromatic rings. The molecule has 34 heavy (non-hydrogen) atoms. The normalized spacial score (nSPS) is 10.8. The maximum atomic E-state index is 12.2. The van der Waals surface area contributed by atoms with E-state index in [9.17, 15) is 9.59 Å². The number of nitrogens with zero attached hydrogens (tertiary/aromatic N) is 3. The second-order valence-electron chi connectivity index (χ2n) is 7.10. The Labute approximate surface area is 200 Å². The first-order valence-corrected chi connectivity index (χ1v) is 10.6. The van der Waals surface area contributed by atoms with Crippen LogP contribution in [0.4, 0.5) is 5.69 Å². The standard InChI is InChI=1S/C25H20ClN5O3/c1-34-22-13-7-17(8-14-22)23-18(16-31(30-23)21-5-3-2-4-6-21)15-27-29-25(33)24(32)28-20-11-9-19(26)10-12-20/h2-16H,1H3,(H,28,32)(H,29,33). The zero-order valence-corrected chi connectivity index (χ0v) is 18.9. The third kappa shape index (κ3) is 5.48. The molecule has 9 heteroatoms. The number of hydrazone groups is 1. The number of aromatic nitrogens is 2. The zero-order valence-electron chi connectivity index (χ0n) is 18.1. The van der Waals surface area contributed by atoms with Crippen LogP contribution in [0.5, 0.6) is 5.75 Å². The molecule has 1 aromatic heterocycles. The number of hydrogen-bond donors (Lipinski definition) is 2. The molecule has 0 saturated heterocycles. The molecule has 4 rings (SSSR count). The molecule has 8 nitrogen and oxygen atoms in total. The lowest BCUT2D eigenvalue weighted by atomic mass is 10.1. The fourth-order valence-electron chi connectivity index (χ4n) is 3.10. The molecule has 0 saturated carbocycles. The van der Waals surface area contributed by atoms with Crippen molar-refractivity contribution in [3.05, 3.63) is 95.6 Å². The highest BCUT2D eigenvalue weighted by Gasteiger charge is 2.14. The summed E-state index contributed by atoms with van der Waals surface area (Å²) in [6.45, 7) is 0. The largest absolute Gasteiger partial charge is 0.497 e. The monoisotopic (exact) mass is 473 g/mol. The minimum absolute atomic E-state index is 0.444. The SMILES string of the molecule is COc1ccc(-c2nn(-c3ccccc3)cc2C=NNC(=O)C(=O)Nc2ccc(Cl)cc2)cc1. The Morgan fingerprint density at radius 1 is 0.971 bits per heavy atom. The van der Waals surface area contributed by atoms with Gasteiger partial charge in [0.1, 0.15) is 11.4 Å². The van der Waals surface area contributed by atoms with Gasteiger partial charge in [0.2, 0.25) is 0 Å². The fraction of sp³-hybridized carbons (Fsp3) is 0.0400. The van der Waals surface area contributed by atoms with E-state index in [1.807, 2.05) is 54.6 Å². The van der Waals surface area contributed by atoms with E-state index in [4.69, 9.17) is 16.3 Å². The molecule has 2 N–H and O–H groups in total. The predicted octanol–water partition coefficient (Wildman–Crippen LogP) is 4.29. The average molecular weight is 474 g/mol. The number of methoxy groups -OCH3 is 1. The van der Waals surface area contributed by atoms with E-state index in [-0.39, 0.29) is 0 Å². The van der Waals surface area contributed by atoms with E-state index < -0.39 is 11.8 Å². The van der Waals surface area contributed by atoms with Crippen LogP contribution in [0.2, 0.25) is 5.02 Å². The van der Waals surface area contributed by atoms with Gasteiger partial charge >= 0.3 is 11.8 Å². The number of amides is 2. The summed E-state index contributed by atoms with van der Waals surface area (Å²) in [5.74, 6) is -1.04. The predicted molar refractivity (Wildman–Crippen MR) is 131 cm³/mol. The third-order valence-corrected chi connectivity index (χ3v) is 5.06. The van der Waals surface area contributed by atoms with Crippen molar-refractivity contribution in [3.8, 4) is 22.7 Å². The number of halogens is 1. The van der Waals surface area contributed by atoms with Crippen molar-refractivity contribution in [1.82, 2.24) is 15.2 Å². The van der Waals surface area contributed by atoms with Crippen molar-refractivity contribution in [2.75, 3.05) is 12.4 Å². The number of nitrogens with one attached hydrogen (secondary N) is 2. The smallest absolute Gasteiger partial charge is 0.329 e. The van der Waals surface area contributed by atoms with Crippen LogP contribution in [0.25, 0.3) is 16.9 Å². The summed E-state index contributed by atoms with van der Waals surface area (Å²) in [5, 5.41) is 11.6. The van der Waals surface area contributed by atoms with Crippen molar-refractivity contribution < 1.29 is 14.3 Å². The van der Waals surface area contributed by atoms with Gasteiger partial charge in [-0.25, -0.2) is 10.1 Å². The topological polar surface area (TPSA) is 97.6 Å². The minimum Gasteiger partial charge on any atom is -0.497 e. The average Bonchev–Trinajstić information content (AvgIpc) is 3.30. The van der Waals surface area contributed by atoms with Crippen molar-refractivity contribution >= 4 is 35.3 Å². The van der Waals surface area contributed by atoms with Crippen molar-refractivity contribution in [1.29, 1.82) is 0 Å². The van der Waals surface area contributed by atoms with Gasteiger partial charge in [-0.2, -0.15) is 10.2 Å². The molecule has 2 amide bonds. The van der Waals surface area contributed by atoms with Gasteiger partial charge in [-0.05, 0) is 60.7 Å². The number of hydrogen-bond acceptors (Lipinski definition) is 5. The maximum Gasteiger partial charge on any atom is 0.329 e. The Morgan fingerprint density at radius 3 is 2.35 bits per heavy atom. The molecule has 0 aliphatic heterocycles. The first-order chi connectivity index (χ1) is 16.5. The van der Waals surface area contributed by atoms with Crippen LogP contribution in [0, 0.1) is 0 Å². The summed E-state index contributed by atoms with van der Waals surface area (Å²) < 4.78 is 6.95. The molecule has 0 radical (unpaired) electrons. The van der Waals surface area contributed by atoms with Gasteiger partial charge < -0.3 is 10.1 Å². The first-order valence-electron chi connectivity index (χ1n) is 10.2. The quantitative estimate of drug-likeness (QED) is 0.248. The van der Waals surface area contributed by atoms with E-state index in [2.05, 4.69) is 20.9 Å². The summed E-state index contributed by atoms with van der Waals surface area (Å²) in [7, 11) is 1.60. The fourth-order valence-corrected chi connectivity index (χ4v) is 3.23. The third-order valence-electron chi connectivity index (χ3n) is 4.80. The Bertz CT molecular complexity index is 1320. The highest BCUT2D eigenvalue weighted by molar-refractivity contribution is 6.39. The van der Waals surface area contributed by atoms with E-state index in [1.165, 1.54) is 6.21 Å². The number of rotatable bonds is 6. The number of carbonyl (C=O) groups excluding carboxylic acids is 2. The molecule has 0 bridgehead atoms. The molecule has 0 atom stereocenters. The lowest BCUT2D eigenvalue weighted by molar-refractivity contribution is -0.136. The van der Waals surface area contributed by atoms with Crippen LogP contribution >= 0.6 is 11.6 Å². The van der Waals surface area contributed by atoms with Crippen LogP contribution in [-0.2, 0) is 9.59 Å². The van der Waals surface area contributed by atoms with Gasteiger partial charge in [-0.15, -0.1) is 0 Å². The molecule has 170 valence electrons. The van der Waals surface area contributed by atoms with Crippen molar-refractivity contribution in [3.63, 3.8) is 0 Å². The van der Waals surface area contributed by atoms with Crippen LogP contribution < -0.4 is 15.5 Å². The van der Waals surface area contributed by atoms with Crippen LogP contribution in [0.15, 0.2) is 90.2 Å². The number of ether oxygens (including phenoxy) is 1. The summed E-state index contributed by atoms with van der Waals surface area (Å²) in [6.07, 6.45) is 3.23. The lowest BCUT2D eigenvalue weighted by Crippen LogP contribution is -2.32. The Hall–Kier alpha value is -4.43. The van der Waals surface area contributed by atoms with Gasteiger partial charge in [0.15, 0.2) is 0 Å². The Morgan fingerprint density at radius 2 is 1.68 bits per heavy atom. The molecular weight excluding hydrogens is 454 g/mol. The second-order valence-corrected chi connectivity index (χ2v) is 7.54. The van der Waals surface area contributed by atoms with Crippen LogP contribution in [0.3, 0.4) is 0 Å². The molecule has 0 unspecified atom stereocenters. The molecule has 3 aromatic carbocycles. The van der Waals surface area contributed by atoms with E-state index >= 15 is 0 Å². The van der Waals surface area contributed by atoms with Crippen LogP contribution in [-0.4, -0.2) is 34.9 Å². The van der Waals surface area contributed by atoms with Gasteiger partial charge in [-0.3, -0.25) is 9.59 Å². The minimum atomic E-state index is -0.910. The highest BCUT2D eigenvalue weighted by Crippen LogP contribution is 2.25. The zero-order chi connectivity index (χ0) is 23.9. The second kappa shape index (κ2) is 10.5. The van der Waals surface area contributed by atoms with Crippen molar-refractivity contribution in [2.24, 2.45) is 5.10 Å². The Kier molecular flexibility index (Phi) is 7.00. The van der Waals surface area contributed by atoms with Gasteiger partial charge in [0.25, 0.3) is 0 Å². The molecule has 1 heterocycles. The van der Waals surface area contributed by atoms with E-state index in [0.29, 0.717) is 22.0 Å². The van der Waals surface area contributed by atoms with Gasteiger partial charge in [0.05, 0.1) is 19.0 Å². The molecule has 0 fully saturated rings. The van der Waals surface area contributed by atoms with Gasteiger partial charge in [-0.1, -0.05) is 29.8 Å². The Balaban J connectivity index is 1.53. The number of anilines is 1. The molecule has 0 aliphatic rings. The summed E-state index contributed by atoms with van der Waals surface area (Å²) in [5.41, 5.74) is 5.68. The van der Waals surface area contributed by atoms with E-state index in [1.54, 1.807) is 42.3 Å². The number of para-hydroxylation sites is 1. The summed E-state index contributed by atoms with van der Waals surface area (Å²) >= 11 is 5.83. The highest BCUT2D eigenvalue weighted by atomic mass is 35.5. The molecule has 0 spiro atoms. The number of carbonyl (C=O) groups is 2. The van der Waals surface area contributed by atoms with Crippen LogP contribution in [0.1, 0.15) is 5.56 Å². The summed E-state index contributed by atoms with van der Waals surface area (Å²) in [6, 6.07) is 23.4. The molecule has 0 aliphatic carbocycles. The van der Waals surface area contributed by atoms with Crippen molar-refractivity contribution in [2.45, 2.75) is 0 Å². The first kappa shape index (κ1) is 22.8. The van der Waals surface area contributed by atoms with E-state index in [0.717, 1.165) is 17.0 Å². The number of benzene rings is 3. The summed E-state index contributed by atoms with van der Waals surface area (Å²) in [4.78, 5) is 24.3. The molecular formula is C25H20ClN5O3. The maximum absolute atomic E-state index is 12.2. The lowest BCUT2D eigenvalue weighted by Gasteiger charge is -2.04.